The Kier molecular flexibility index (Phi) is 3.98. The highest BCUT2D eigenvalue weighted by molar-refractivity contribution is 5.90. The van der Waals surface area contributed by atoms with Gasteiger partial charge in [0.05, 0.1) is 20.3 Å². The number of nitrogens with zero attached hydrogens (tertiary/aromatic N) is 1. The Morgan fingerprint density at radius 2 is 1.95 bits per heavy atom. The smallest absolute Gasteiger partial charge is 0.414 e. The Morgan fingerprint density at radius 1 is 1.23 bits per heavy atom. The molecule has 0 saturated carbocycles. The normalized spacial score (nSPS) is 17.5. The summed E-state index contributed by atoms with van der Waals surface area (Å²) >= 11 is 0. The van der Waals surface area contributed by atoms with E-state index in [-0.39, 0.29) is 6.61 Å². The Bertz CT molecular complexity index is 669. The van der Waals surface area contributed by atoms with Gasteiger partial charge < -0.3 is 14.6 Å². The Labute approximate surface area is 128 Å². The SMILES string of the molecule is COc1ccccc1-c1ccc(N2C[C@H](CO)OC2=O)cc1. The molecule has 1 fully saturated rings. The molecule has 0 aromatic heterocycles. The first-order valence-electron chi connectivity index (χ1n) is 7.05. The van der Waals surface area contributed by atoms with Crippen LogP contribution in [0.5, 0.6) is 5.75 Å². The number of rotatable bonds is 4. The molecule has 114 valence electrons. The molecule has 1 atom stereocenters. The minimum Gasteiger partial charge on any atom is -0.496 e. The molecule has 0 unspecified atom stereocenters. The van der Waals surface area contributed by atoms with Crippen LogP contribution in [0.25, 0.3) is 11.1 Å². The van der Waals surface area contributed by atoms with Crippen molar-refractivity contribution >= 4 is 11.8 Å². The van der Waals surface area contributed by atoms with Crippen LogP contribution < -0.4 is 9.64 Å². The summed E-state index contributed by atoms with van der Waals surface area (Å²) in [5, 5.41) is 9.08. The van der Waals surface area contributed by atoms with Crippen molar-refractivity contribution in [3.63, 3.8) is 0 Å². The van der Waals surface area contributed by atoms with E-state index < -0.39 is 12.2 Å². The van der Waals surface area contributed by atoms with Crippen molar-refractivity contribution < 1.29 is 19.4 Å². The lowest BCUT2D eigenvalue weighted by Crippen LogP contribution is -2.25. The van der Waals surface area contributed by atoms with Gasteiger partial charge in [0.25, 0.3) is 0 Å². The van der Waals surface area contributed by atoms with Crippen LogP contribution in [-0.2, 0) is 4.74 Å². The maximum Gasteiger partial charge on any atom is 0.414 e. The maximum absolute atomic E-state index is 11.8. The Balaban J connectivity index is 1.86. The predicted molar refractivity (Wildman–Crippen MR) is 83.1 cm³/mol. The number of para-hydroxylation sites is 1. The zero-order valence-electron chi connectivity index (χ0n) is 12.2. The molecule has 2 aromatic rings. The van der Waals surface area contributed by atoms with E-state index in [2.05, 4.69) is 0 Å². The predicted octanol–water partition coefficient (Wildman–Crippen LogP) is 2.68. The fourth-order valence-electron chi connectivity index (χ4n) is 2.53. The second kappa shape index (κ2) is 6.07. The maximum atomic E-state index is 11.8. The molecule has 1 aliphatic heterocycles. The number of hydrogen-bond donors (Lipinski definition) is 1. The van der Waals surface area contributed by atoms with E-state index in [9.17, 15) is 4.79 Å². The summed E-state index contributed by atoms with van der Waals surface area (Å²) in [4.78, 5) is 13.3. The second-order valence-electron chi connectivity index (χ2n) is 5.05. The van der Waals surface area contributed by atoms with Crippen molar-refractivity contribution in [1.29, 1.82) is 0 Å². The number of hydrogen-bond acceptors (Lipinski definition) is 4. The van der Waals surface area contributed by atoms with Crippen molar-refractivity contribution in [3.05, 3.63) is 48.5 Å². The number of cyclic esters (lactones) is 1. The van der Waals surface area contributed by atoms with Gasteiger partial charge in [-0.25, -0.2) is 4.79 Å². The molecule has 0 bridgehead atoms. The average molecular weight is 299 g/mol. The third-order valence-corrected chi connectivity index (χ3v) is 3.67. The minimum absolute atomic E-state index is 0.165. The van der Waals surface area contributed by atoms with Crippen molar-refractivity contribution in [1.82, 2.24) is 0 Å². The van der Waals surface area contributed by atoms with Crippen LogP contribution in [0.3, 0.4) is 0 Å². The van der Waals surface area contributed by atoms with Crippen LogP contribution in [-0.4, -0.2) is 37.6 Å². The number of carbonyl (C=O) groups excluding carboxylic acids is 1. The molecule has 1 N–H and O–H groups in total. The highest BCUT2D eigenvalue weighted by atomic mass is 16.6. The lowest BCUT2D eigenvalue weighted by molar-refractivity contribution is 0.0963. The van der Waals surface area contributed by atoms with Crippen molar-refractivity contribution in [3.8, 4) is 16.9 Å². The number of aliphatic hydroxyl groups is 1. The number of methoxy groups -OCH3 is 1. The van der Waals surface area contributed by atoms with Crippen LogP contribution in [0, 0.1) is 0 Å². The molecule has 1 aliphatic rings. The number of anilines is 1. The molecular weight excluding hydrogens is 282 g/mol. The summed E-state index contributed by atoms with van der Waals surface area (Å²) in [5.74, 6) is 0.802. The van der Waals surface area contributed by atoms with Crippen LogP contribution in [0.15, 0.2) is 48.5 Å². The summed E-state index contributed by atoms with van der Waals surface area (Å²) in [7, 11) is 1.64. The molecule has 22 heavy (non-hydrogen) atoms. The molecule has 0 spiro atoms. The van der Waals surface area contributed by atoms with Crippen molar-refractivity contribution in [2.45, 2.75) is 6.10 Å². The first-order valence-corrected chi connectivity index (χ1v) is 7.05. The van der Waals surface area contributed by atoms with Gasteiger partial charge in [0.2, 0.25) is 0 Å². The molecule has 1 saturated heterocycles. The number of amides is 1. The number of carbonyl (C=O) groups is 1. The monoisotopic (exact) mass is 299 g/mol. The quantitative estimate of drug-likeness (QED) is 0.943. The Hall–Kier alpha value is -2.53. The van der Waals surface area contributed by atoms with E-state index in [1.54, 1.807) is 7.11 Å². The zero-order chi connectivity index (χ0) is 15.5. The van der Waals surface area contributed by atoms with Crippen LogP contribution in [0.2, 0.25) is 0 Å². The first kappa shape index (κ1) is 14.4. The molecule has 1 amide bonds. The largest absolute Gasteiger partial charge is 0.496 e. The number of benzene rings is 2. The summed E-state index contributed by atoms with van der Waals surface area (Å²) in [6.07, 6.45) is -0.884. The van der Waals surface area contributed by atoms with Gasteiger partial charge in [-0.05, 0) is 23.8 Å². The van der Waals surface area contributed by atoms with Gasteiger partial charge in [0.15, 0.2) is 0 Å². The molecular formula is C17H17NO4. The van der Waals surface area contributed by atoms with E-state index in [0.717, 1.165) is 22.6 Å². The van der Waals surface area contributed by atoms with Gasteiger partial charge in [0, 0.05) is 11.3 Å². The Morgan fingerprint density at radius 3 is 2.59 bits per heavy atom. The third kappa shape index (κ3) is 2.63. The summed E-state index contributed by atoms with van der Waals surface area (Å²) in [5.41, 5.74) is 2.75. The van der Waals surface area contributed by atoms with Gasteiger partial charge in [-0.15, -0.1) is 0 Å². The second-order valence-corrected chi connectivity index (χ2v) is 5.05. The summed E-state index contributed by atoms with van der Waals surface area (Å²) < 4.78 is 10.4. The molecule has 2 aromatic carbocycles. The molecule has 3 rings (SSSR count). The lowest BCUT2D eigenvalue weighted by Gasteiger charge is -2.14. The van der Waals surface area contributed by atoms with Crippen LogP contribution in [0.1, 0.15) is 0 Å². The fourth-order valence-corrected chi connectivity index (χ4v) is 2.53. The molecule has 0 radical (unpaired) electrons. The average Bonchev–Trinajstić information content (AvgIpc) is 2.96. The molecule has 1 heterocycles. The lowest BCUT2D eigenvalue weighted by atomic mass is 10.0. The molecule has 5 heteroatoms. The van der Waals surface area contributed by atoms with E-state index in [0.29, 0.717) is 6.54 Å². The number of ether oxygens (including phenoxy) is 2. The van der Waals surface area contributed by atoms with Gasteiger partial charge in [0.1, 0.15) is 11.9 Å². The van der Waals surface area contributed by atoms with Gasteiger partial charge in [-0.2, -0.15) is 0 Å². The molecule has 0 aliphatic carbocycles. The van der Waals surface area contributed by atoms with E-state index >= 15 is 0 Å². The van der Waals surface area contributed by atoms with E-state index in [4.69, 9.17) is 14.6 Å². The number of aliphatic hydroxyl groups excluding tert-OH is 1. The highest BCUT2D eigenvalue weighted by Gasteiger charge is 2.31. The molecule has 5 nitrogen and oxygen atoms in total. The summed E-state index contributed by atoms with van der Waals surface area (Å²) in [6.45, 7) is 0.199. The van der Waals surface area contributed by atoms with Gasteiger partial charge in [-0.1, -0.05) is 30.3 Å². The van der Waals surface area contributed by atoms with E-state index in [1.807, 2.05) is 48.5 Å². The highest BCUT2D eigenvalue weighted by Crippen LogP contribution is 2.31. The van der Waals surface area contributed by atoms with Crippen LogP contribution >= 0.6 is 0 Å². The van der Waals surface area contributed by atoms with Crippen molar-refractivity contribution in [2.75, 3.05) is 25.2 Å². The minimum atomic E-state index is -0.457. The topological polar surface area (TPSA) is 59.0 Å². The van der Waals surface area contributed by atoms with E-state index in [1.165, 1.54) is 4.90 Å². The van der Waals surface area contributed by atoms with Crippen LogP contribution in [0.4, 0.5) is 10.5 Å². The first-order chi connectivity index (χ1) is 10.7. The standard InChI is InChI=1S/C17H17NO4/c1-21-16-5-3-2-4-15(16)12-6-8-13(9-7-12)18-10-14(11-19)22-17(18)20/h2-9,14,19H,10-11H2,1H3/t14-/m1/s1. The fraction of sp³-hybridized carbons (Fsp3) is 0.235. The third-order valence-electron chi connectivity index (χ3n) is 3.67. The zero-order valence-corrected chi connectivity index (χ0v) is 12.2. The van der Waals surface area contributed by atoms with Gasteiger partial charge in [-0.3, -0.25) is 4.90 Å². The van der Waals surface area contributed by atoms with Gasteiger partial charge >= 0.3 is 6.09 Å². The summed E-state index contributed by atoms with van der Waals surface area (Å²) in [6, 6.07) is 15.4. The van der Waals surface area contributed by atoms with Crippen molar-refractivity contribution in [2.24, 2.45) is 0 Å².